The molecule has 1 heterocycles. The van der Waals surface area contributed by atoms with Crippen molar-refractivity contribution >= 4 is 17.7 Å². The van der Waals surface area contributed by atoms with E-state index in [2.05, 4.69) is 9.97 Å². The van der Waals surface area contributed by atoms with Crippen molar-refractivity contribution in [3.63, 3.8) is 0 Å². The lowest BCUT2D eigenvalue weighted by atomic mass is 10.1. The third-order valence-corrected chi connectivity index (χ3v) is 4.62. The third kappa shape index (κ3) is 5.40. The van der Waals surface area contributed by atoms with E-state index in [0.717, 1.165) is 11.1 Å². The number of nitrogens with zero attached hydrogens (tertiary/aromatic N) is 5. The molecule has 0 saturated carbocycles. The smallest absolute Gasteiger partial charge is 0.246 e. The average molecular weight is 400 g/mol. The first-order valence-electron chi connectivity index (χ1n) is 9.64. The predicted molar refractivity (Wildman–Crippen MR) is 117 cm³/mol. The summed E-state index contributed by atoms with van der Waals surface area (Å²) in [5.41, 5.74) is 8.24. The van der Waals surface area contributed by atoms with Crippen LogP contribution in [0.25, 0.3) is 0 Å². The van der Waals surface area contributed by atoms with Gasteiger partial charge in [0.05, 0.1) is 12.1 Å². The number of amides is 1. The van der Waals surface area contributed by atoms with Crippen LogP contribution in [0, 0.1) is 11.3 Å². The van der Waals surface area contributed by atoms with Gasteiger partial charge in [0.2, 0.25) is 11.9 Å². The van der Waals surface area contributed by atoms with E-state index in [1.807, 2.05) is 78.7 Å². The largest absolute Gasteiger partial charge is 0.339 e. The van der Waals surface area contributed by atoms with Crippen LogP contribution in [0.15, 0.2) is 72.9 Å². The average Bonchev–Trinajstić information content (AvgIpc) is 2.78. The molecule has 0 aliphatic heterocycles. The van der Waals surface area contributed by atoms with E-state index in [-0.39, 0.29) is 12.5 Å². The maximum atomic E-state index is 13.0. The molecule has 30 heavy (non-hydrogen) atoms. The Bertz CT molecular complexity index is 1000. The quantitative estimate of drug-likeness (QED) is 0.584. The summed E-state index contributed by atoms with van der Waals surface area (Å²) in [6.07, 6.45) is 1.97. The summed E-state index contributed by atoms with van der Waals surface area (Å²) in [7, 11) is 1.88. The molecule has 0 aliphatic carbocycles. The Morgan fingerprint density at radius 1 is 1.07 bits per heavy atom. The summed E-state index contributed by atoms with van der Waals surface area (Å²) in [5.74, 6) is 0.467. The highest BCUT2D eigenvalue weighted by Gasteiger charge is 2.24. The summed E-state index contributed by atoms with van der Waals surface area (Å²) in [4.78, 5) is 25.0. The van der Waals surface area contributed by atoms with Gasteiger partial charge in [0, 0.05) is 19.8 Å². The summed E-state index contributed by atoms with van der Waals surface area (Å²) >= 11 is 0. The fourth-order valence-electron chi connectivity index (χ4n) is 3.10. The molecule has 3 aromatic rings. The molecular weight excluding hydrogens is 376 g/mol. The van der Waals surface area contributed by atoms with Gasteiger partial charge in [-0.25, -0.2) is 4.98 Å². The van der Waals surface area contributed by atoms with Crippen molar-refractivity contribution in [3.8, 4) is 6.07 Å². The van der Waals surface area contributed by atoms with Gasteiger partial charge in [-0.15, -0.1) is 0 Å². The highest BCUT2D eigenvalue weighted by molar-refractivity contribution is 5.96. The van der Waals surface area contributed by atoms with E-state index in [4.69, 9.17) is 5.73 Å². The highest BCUT2D eigenvalue weighted by Crippen LogP contribution is 2.17. The lowest BCUT2D eigenvalue weighted by Gasteiger charge is -2.24. The van der Waals surface area contributed by atoms with Gasteiger partial charge in [0.1, 0.15) is 12.4 Å². The molecule has 7 heteroatoms. The monoisotopic (exact) mass is 400 g/mol. The Hall–Kier alpha value is -3.76. The van der Waals surface area contributed by atoms with Gasteiger partial charge in [-0.2, -0.15) is 10.2 Å². The van der Waals surface area contributed by atoms with Crippen LogP contribution in [-0.4, -0.2) is 35.5 Å². The van der Waals surface area contributed by atoms with Gasteiger partial charge in [0.15, 0.2) is 0 Å². The zero-order chi connectivity index (χ0) is 21.3. The van der Waals surface area contributed by atoms with Crippen LogP contribution in [0.4, 0.5) is 11.8 Å². The van der Waals surface area contributed by atoms with Crippen molar-refractivity contribution in [2.24, 2.45) is 5.73 Å². The van der Waals surface area contributed by atoms with Crippen molar-refractivity contribution in [3.05, 3.63) is 84.1 Å². The molecule has 0 bridgehead atoms. The number of rotatable bonds is 8. The highest BCUT2D eigenvalue weighted by atomic mass is 16.2. The van der Waals surface area contributed by atoms with Crippen LogP contribution < -0.4 is 15.5 Å². The minimum absolute atomic E-state index is 0.139. The zero-order valence-corrected chi connectivity index (χ0v) is 16.8. The minimum Gasteiger partial charge on any atom is -0.339 e. The SMILES string of the molecule is CN(Cc1ccccc1)c1nccc(N(CC#N)C(=O)[C@@H](N)Cc2ccccc2)n1. The van der Waals surface area contributed by atoms with E-state index in [0.29, 0.717) is 24.7 Å². The van der Waals surface area contributed by atoms with E-state index in [1.54, 1.807) is 12.3 Å². The Morgan fingerprint density at radius 3 is 2.33 bits per heavy atom. The van der Waals surface area contributed by atoms with Crippen LogP contribution in [-0.2, 0) is 17.8 Å². The fourth-order valence-corrected chi connectivity index (χ4v) is 3.10. The number of hydrogen-bond acceptors (Lipinski definition) is 6. The Labute approximate surface area is 176 Å². The molecule has 3 rings (SSSR count). The number of nitriles is 1. The van der Waals surface area contributed by atoms with Gasteiger partial charge in [-0.3, -0.25) is 9.69 Å². The van der Waals surface area contributed by atoms with E-state index < -0.39 is 6.04 Å². The van der Waals surface area contributed by atoms with Crippen molar-refractivity contribution < 1.29 is 4.79 Å². The molecule has 0 saturated heterocycles. The summed E-state index contributed by atoms with van der Waals surface area (Å²) in [6, 6.07) is 22.4. The number of benzene rings is 2. The second-order valence-electron chi connectivity index (χ2n) is 6.94. The van der Waals surface area contributed by atoms with E-state index >= 15 is 0 Å². The van der Waals surface area contributed by atoms with Gasteiger partial charge in [-0.05, 0) is 23.6 Å². The van der Waals surface area contributed by atoms with E-state index in [1.165, 1.54) is 4.90 Å². The molecule has 0 spiro atoms. The Kier molecular flexibility index (Phi) is 7.09. The molecule has 1 aromatic heterocycles. The Balaban J connectivity index is 1.77. The number of carbonyl (C=O) groups excluding carboxylic acids is 1. The van der Waals surface area contributed by atoms with Gasteiger partial charge >= 0.3 is 0 Å². The van der Waals surface area contributed by atoms with Gasteiger partial charge in [0.25, 0.3) is 0 Å². The van der Waals surface area contributed by atoms with Crippen molar-refractivity contribution in [2.45, 2.75) is 19.0 Å². The van der Waals surface area contributed by atoms with Crippen molar-refractivity contribution in [1.29, 1.82) is 5.26 Å². The number of aromatic nitrogens is 2. The van der Waals surface area contributed by atoms with Crippen molar-refractivity contribution in [1.82, 2.24) is 9.97 Å². The maximum Gasteiger partial charge on any atom is 0.246 e. The van der Waals surface area contributed by atoms with Crippen molar-refractivity contribution in [2.75, 3.05) is 23.4 Å². The second kappa shape index (κ2) is 10.1. The van der Waals surface area contributed by atoms with Crippen LogP contribution in [0.3, 0.4) is 0 Å². The molecule has 2 N–H and O–H groups in total. The molecule has 0 radical (unpaired) electrons. The van der Waals surface area contributed by atoms with Gasteiger partial charge in [-0.1, -0.05) is 60.7 Å². The first-order chi connectivity index (χ1) is 14.6. The Morgan fingerprint density at radius 2 is 1.70 bits per heavy atom. The van der Waals surface area contributed by atoms with Crippen LogP contribution in [0.2, 0.25) is 0 Å². The summed E-state index contributed by atoms with van der Waals surface area (Å²) < 4.78 is 0. The van der Waals surface area contributed by atoms with Crippen LogP contribution >= 0.6 is 0 Å². The molecule has 1 amide bonds. The van der Waals surface area contributed by atoms with Crippen LogP contribution in [0.1, 0.15) is 11.1 Å². The number of hydrogen-bond donors (Lipinski definition) is 1. The first kappa shape index (κ1) is 21.0. The molecular formula is C23H24N6O. The lowest BCUT2D eigenvalue weighted by molar-refractivity contribution is -0.119. The lowest BCUT2D eigenvalue weighted by Crippen LogP contribution is -2.45. The standard InChI is InChI=1S/C23H24N6O/c1-28(17-19-10-6-3-7-11-19)23-26-14-12-21(27-23)29(15-13-24)22(30)20(25)16-18-8-4-2-5-9-18/h2-12,14,20H,15-17,25H2,1H3/t20-/m0/s1. The molecule has 2 aromatic carbocycles. The normalized spacial score (nSPS) is 11.4. The van der Waals surface area contributed by atoms with Crippen LogP contribution in [0.5, 0.6) is 0 Å². The van der Waals surface area contributed by atoms with Gasteiger partial charge < -0.3 is 10.6 Å². The molecule has 0 unspecified atom stereocenters. The number of carbonyl (C=O) groups is 1. The molecule has 0 fully saturated rings. The van der Waals surface area contributed by atoms with E-state index in [9.17, 15) is 10.1 Å². The third-order valence-electron chi connectivity index (χ3n) is 4.62. The molecule has 152 valence electrons. The molecule has 7 nitrogen and oxygen atoms in total. The summed E-state index contributed by atoms with van der Waals surface area (Å²) in [5, 5.41) is 9.25. The fraction of sp³-hybridized carbons (Fsp3) is 0.217. The minimum atomic E-state index is -0.777. The topological polar surface area (TPSA) is 99.1 Å². The first-order valence-corrected chi connectivity index (χ1v) is 9.64. The molecule has 0 aliphatic rings. The number of anilines is 2. The second-order valence-corrected chi connectivity index (χ2v) is 6.94. The maximum absolute atomic E-state index is 13.0. The zero-order valence-electron chi connectivity index (χ0n) is 16.8. The predicted octanol–water partition coefficient (Wildman–Crippen LogP) is 2.54. The number of nitrogens with two attached hydrogens (primary N) is 1. The molecule has 1 atom stereocenters. The summed E-state index contributed by atoms with van der Waals surface area (Å²) in [6.45, 7) is 0.476.